The molecule has 7 nitrogen and oxygen atoms in total. The molecule has 0 bridgehead atoms. The van der Waals surface area contributed by atoms with Crippen molar-refractivity contribution in [3.8, 4) is 0 Å². The highest BCUT2D eigenvalue weighted by molar-refractivity contribution is 5.79. The molecule has 4 rings (SSSR count). The molecule has 0 N–H and O–H groups in total. The number of hydrogen-bond donors (Lipinski definition) is 0. The summed E-state index contributed by atoms with van der Waals surface area (Å²) in [5.41, 5.74) is 3.17. The van der Waals surface area contributed by atoms with Crippen LogP contribution in [0.4, 0.5) is 0 Å². The molecule has 106 valence electrons. The smallest absolute Gasteiger partial charge is 0.221 e. The van der Waals surface area contributed by atoms with Crippen molar-refractivity contribution in [3.05, 3.63) is 54.0 Å². The molecule has 0 atom stereocenters. The van der Waals surface area contributed by atoms with E-state index in [-0.39, 0.29) is 5.69 Å². The van der Waals surface area contributed by atoms with E-state index in [9.17, 15) is 4.79 Å². The van der Waals surface area contributed by atoms with Crippen LogP contribution in [0.1, 0.15) is 16.1 Å². The van der Waals surface area contributed by atoms with Crippen molar-refractivity contribution in [2.45, 2.75) is 6.54 Å². The number of aldehydes is 1. The Labute approximate surface area is 124 Å². The lowest BCUT2D eigenvalue weighted by Gasteiger charge is -2.04. The van der Waals surface area contributed by atoms with Gasteiger partial charge in [-0.05, 0) is 23.8 Å². The summed E-state index contributed by atoms with van der Waals surface area (Å²) < 4.78 is 1.63. The first-order valence-corrected chi connectivity index (χ1v) is 6.68. The van der Waals surface area contributed by atoms with Gasteiger partial charge >= 0.3 is 0 Å². The van der Waals surface area contributed by atoms with E-state index in [0.29, 0.717) is 24.1 Å². The Morgan fingerprint density at radius 3 is 3.05 bits per heavy atom. The van der Waals surface area contributed by atoms with E-state index in [1.807, 2.05) is 30.3 Å². The van der Waals surface area contributed by atoms with E-state index in [4.69, 9.17) is 0 Å². The summed E-state index contributed by atoms with van der Waals surface area (Å²) in [6, 6.07) is 9.91. The summed E-state index contributed by atoms with van der Waals surface area (Å²) >= 11 is 0. The third kappa shape index (κ3) is 2.08. The topological polar surface area (TPSA) is 86.5 Å². The Hall–Kier alpha value is -3.22. The lowest BCUT2D eigenvalue weighted by Crippen LogP contribution is -2.04. The summed E-state index contributed by atoms with van der Waals surface area (Å²) in [6.45, 7) is 0.498. The van der Waals surface area contributed by atoms with Gasteiger partial charge in [0, 0.05) is 11.6 Å². The highest BCUT2D eigenvalue weighted by atomic mass is 16.1. The molecular weight excluding hydrogens is 280 g/mol. The standard InChI is InChI=1S/C15H10N6O/c22-9-12-7-17-14-15(18-12)21(20-19-14)8-10-3-4-13-11(6-10)2-1-5-16-13/h1-7,9H,8H2. The largest absolute Gasteiger partial charge is 0.296 e. The molecular formula is C15H10N6O. The fourth-order valence-corrected chi connectivity index (χ4v) is 2.33. The Bertz CT molecular complexity index is 994. The summed E-state index contributed by atoms with van der Waals surface area (Å²) in [4.78, 5) is 23.4. The zero-order chi connectivity index (χ0) is 14.9. The first-order chi connectivity index (χ1) is 10.8. The average Bonchev–Trinajstić information content (AvgIpc) is 2.97. The van der Waals surface area contributed by atoms with Gasteiger partial charge in [0.15, 0.2) is 11.9 Å². The van der Waals surface area contributed by atoms with Gasteiger partial charge in [0.2, 0.25) is 5.65 Å². The summed E-state index contributed by atoms with van der Waals surface area (Å²) in [5.74, 6) is 0. The Morgan fingerprint density at radius 1 is 1.18 bits per heavy atom. The summed E-state index contributed by atoms with van der Waals surface area (Å²) in [5, 5.41) is 9.08. The number of rotatable bonds is 3. The predicted octanol–water partition coefficient (Wildman–Crippen LogP) is 1.63. The Kier molecular flexibility index (Phi) is 2.82. The molecule has 0 spiro atoms. The molecule has 0 aliphatic rings. The number of aromatic nitrogens is 6. The van der Waals surface area contributed by atoms with Crippen molar-refractivity contribution in [2.75, 3.05) is 0 Å². The molecule has 3 heterocycles. The third-order valence-corrected chi connectivity index (χ3v) is 3.37. The van der Waals surface area contributed by atoms with Crippen molar-refractivity contribution in [1.82, 2.24) is 29.9 Å². The molecule has 0 radical (unpaired) electrons. The number of benzene rings is 1. The monoisotopic (exact) mass is 290 g/mol. The normalized spacial score (nSPS) is 11.1. The lowest BCUT2D eigenvalue weighted by atomic mass is 10.1. The van der Waals surface area contributed by atoms with Gasteiger partial charge in [-0.25, -0.2) is 14.6 Å². The summed E-state index contributed by atoms with van der Waals surface area (Å²) in [7, 11) is 0. The van der Waals surface area contributed by atoms with Crippen LogP contribution in [0.15, 0.2) is 42.7 Å². The quantitative estimate of drug-likeness (QED) is 0.533. The lowest BCUT2D eigenvalue weighted by molar-refractivity contribution is 0.111. The van der Waals surface area contributed by atoms with Crippen molar-refractivity contribution in [3.63, 3.8) is 0 Å². The molecule has 0 unspecified atom stereocenters. The zero-order valence-corrected chi connectivity index (χ0v) is 11.4. The van der Waals surface area contributed by atoms with Gasteiger partial charge in [0.05, 0.1) is 18.3 Å². The Morgan fingerprint density at radius 2 is 2.14 bits per heavy atom. The fraction of sp³-hybridized carbons (Fsp3) is 0.0667. The van der Waals surface area contributed by atoms with Crippen molar-refractivity contribution >= 4 is 28.5 Å². The minimum absolute atomic E-state index is 0.263. The number of carbonyl (C=O) groups excluding carboxylic acids is 1. The third-order valence-electron chi connectivity index (χ3n) is 3.37. The van der Waals surface area contributed by atoms with Crippen LogP contribution in [0, 0.1) is 0 Å². The van der Waals surface area contributed by atoms with Crippen LogP contribution in [0.3, 0.4) is 0 Å². The minimum atomic E-state index is 0.263. The van der Waals surface area contributed by atoms with Crippen LogP contribution in [0.5, 0.6) is 0 Å². The van der Waals surface area contributed by atoms with Crippen molar-refractivity contribution < 1.29 is 4.79 Å². The van der Waals surface area contributed by atoms with Crippen LogP contribution in [0.25, 0.3) is 22.2 Å². The molecule has 22 heavy (non-hydrogen) atoms. The highest BCUT2D eigenvalue weighted by Gasteiger charge is 2.09. The van der Waals surface area contributed by atoms with Crippen LogP contribution in [0.2, 0.25) is 0 Å². The van der Waals surface area contributed by atoms with Crippen LogP contribution >= 0.6 is 0 Å². The van der Waals surface area contributed by atoms with E-state index in [0.717, 1.165) is 16.5 Å². The zero-order valence-electron chi connectivity index (χ0n) is 11.4. The van der Waals surface area contributed by atoms with Gasteiger partial charge in [0.1, 0.15) is 5.69 Å². The molecule has 1 aromatic carbocycles. The molecule has 3 aromatic heterocycles. The first-order valence-electron chi connectivity index (χ1n) is 6.68. The number of carbonyl (C=O) groups is 1. The average molecular weight is 290 g/mol. The predicted molar refractivity (Wildman–Crippen MR) is 79.4 cm³/mol. The molecule has 0 aliphatic heterocycles. The maximum Gasteiger partial charge on any atom is 0.221 e. The molecule has 7 heteroatoms. The second kappa shape index (κ2) is 4.96. The highest BCUT2D eigenvalue weighted by Crippen LogP contribution is 2.15. The number of fused-ring (bicyclic) bond motifs is 2. The van der Waals surface area contributed by atoms with E-state index < -0.39 is 0 Å². The maximum absolute atomic E-state index is 10.8. The van der Waals surface area contributed by atoms with Gasteiger partial charge in [-0.15, -0.1) is 5.10 Å². The van der Waals surface area contributed by atoms with Gasteiger partial charge in [-0.1, -0.05) is 17.3 Å². The first kappa shape index (κ1) is 12.5. The molecule has 0 fully saturated rings. The number of hydrogen-bond acceptors (Lipinski definition) is 6. The molecule has 0 saturated heterocycles. The molecule has 0 saturated carbocycles. The minimum Gasteiger partial charge on any atom is -0.296 e. The van der Waals surface area contributed by atoms with E-state index in [1.54, 1.807) is 10.9 Å². The van der Waals surface area contributed by atoms with E-state index in [2.05, 4.69) is 25.3 Å². The fourth-order valence-electron chi connectivity index (χ4n) is 2.33. The van der Waals surface area contributed by atoms with E-state index in [1.165, 1.54) is 6.20 Å². The molecule has 4 aromatic rings. The van der Waals surface area contributed by atoms with Gasteiger partial charge in [0.25, 0.3) is 0 Å². The van der Waals surface area contributed by atoms with Crippen LogP contribution in [-0.4, -0.2) is 36.2 Å². The van der Waals surface area contributed by atoms with Crippen molar-refractivity contribution in [2.24, 2.45) is 0 Å². The summed E-state index contributed by atoms with van der Waals surface area (Å²) in [6.07, 6.45) is 3.81. The van der Waals surface area contributed by atoms with Crippen LogP contribution in [-0.2, 0) is 6.54 Å². The SMILES string of the molecule is O=Cc1cnc2nnn(Cc3ccc4ncccc4c3)c2n1. The van der Waals surface area contributed by atoms with E-state index >= 15 is 0 Å². The second-order valence-electron chi connectivity index (χ2n) is 4.84. The van der Waals surface area contributed by atoms with Gasteiger partial charge in [-0.2, -0.15) is 0 Å². The second-order valence-corrected chi connectivity index (χ2v) is 4.84. The van der Waals surface area contributed by atoms with Crippen LogP contribution < -0.4 is 0 Å². The molecule has 0 aliphatic carbocycles. The Balaban J connectivity index is 1.76. The maximum atomic E-state index is 10.8. The number of nitrogens with zero attached hydrogens (tertiary/aromatic N) is 6. The van der Waals surface area contributed by atoms with Gasteiger partial charge in [-0.3, -0.25) is 9.78 Å². The van der Waals surface area contributed by atoms with Crippen molar-refractivity contribution in [1.29, 1.82) is 0 Å². The van der Waals surface area contributed by atoms with Gasteiger partial charge < -0.3 is 0 Å². The molecule has 0 amide bonds. The number of pyridine rings is 1.